The first-order chi connectivity index (χ1) is 11.6. The van der Waals surface area contributed by atoms with Crippen LogP contribution in [-0.2, 0) is 13.1 Å². The van der Waals surface area contributed by atoms with E-state index in [0.717, 1.165) is 11.1 Å². The molecule has 4 nitrogen and oxygen atoms in total. The largest absolute Gasteiger partial charge is 0.435 e. The van der Waals surface area contributed by atoms with Gasteiger partial charge in [0.2, 0.25) is 0 Å². The van der Waals surface area contributed by atoms with Gasteiger partial charge in [0.25, 0.3) is 0 Å². The molecule has 0 saturated carbocycles. The Morgan fingerprint density at radius 3 is 2.29 bits per heavy atom. The number of guanidine groups is 1. The van der Waals surface area contributed by atoms with Gasteiger partial charge in [-0.25, -0.2) is 0 Å². The van der Waals surface area contributed by atoms with Gasteiger partial charge in [-0.15, -0.1) is 0 Å². The molecule has 0 atom stereocenters. The number of halogens is 3. The van der Waals surface area contributed by atoms with Crippen molar-refractivity contribution >= 4 is 17.6 Å². The van der Waals surface area contributed by atoms with Gasteiger partial charge < -0.3 is 15.4 Å². The third kappa shape index (κ3) is 6.04. The molecule has 0 saturated heterocycles. The minimum absolute atomic E-state index is 0.131. The molecule has 2 N–H and O–H groups in total. The van der Waals surface area contributed by atoms with Gasteiger partial charge in [-0.3, -0.25) is 4.99 Å². The van der Waals surface area contributed by atoms with E-state index in [1.54, 1.807) is 19.2 Å². The summed E-state index contributed by atoms with van der Waals surface area (Å²) >= 11 is 5.95. The molecule has 0 radical (unpaired) electrons. The summed E-state index contributed by atoms with van der Waals surface area (Å²) in [5.74, 6) is 0.723. The fourth-order valence-electron chi connectivity index (χ4n) is 2.07. The SMILES string of the molecule is CN=C(NCc1cccc(Cl)c1)NCc1cccc(OC(F)F)c1. The summed E-state index contributed by atoms with van der Waals surface area (Å²) in [5.41, 5.74) is 1.83. The Balaban J connectivity index is 1.87. The molecule has 0 bridgehead atoms. The highest BCUT2D eigenvalue weighted by atomic mass is 35.5. The minimum Gasteiger partial charge on any atom is -0.435 e. The van der Waals surface area contributed by atoms with Crippen LogP contribution in [0.15, 0.2) is 53.5 Å². The van der Waals surface area contributed by atoms with E-state index in [4.69, 9.17) is 11.6 Å². The normalized spacial score (nSPS) is 11.5. The lowest BCUT2D eigenvalue weighted by atomic mass is 10.2. The third-order valence-electron chi connectivity index (χ3n) is 3.16. The van der Waals surface area contributed by atoms with Crippen molar-refractivity contribution < 1.29 is 13.5 Å². The standard InChI is InChI=1S/C17H18ClF2N3O/c1-21-17(22-10-12-4-2-6-14(18)8-12)23-11-13-5-3-7-15(9-13)24-16(19)20/h2-9,16H,10-11H2,1H3,(H2,21,22,23). The molecule has 0 aliphatic heterocycles. The summed E-state index contributed by atoms with van der Waals surface area (Å²) in [6.07, 6.45) is 0. The topological polar surface area (TPSA) is 45.7 Å². The van der Waals surface area contributed by atoms with Gasteiger partial charge in [-0.2, -0.15) is 8.78 Å². The average Bonchev–Trinajstić information content (AvgIpc) is 2.55. The molecule has 2 aromatic rings. The van der Waals surface area contributed by atoms with E-state index in [2.05, 4.69) is 20.4 Å². The minimum atomic E-state index is -2.83. The Morgan fingerprint density at radius 1 is 1.08 bits per heavy atom. The summed E-state index contributed by atoms with van der Waals surface area (Å²) < 4.78 is 28.9. The van der Waals surface area contributed by atoms with E-state index in [-0.39, 0.29) is 5.75 Å². The summed E-state index contributed by atoms with van der Waals surface area (Å²) in [5, 5.41) is 6.95. The van der Waals surface area contributed by atoms with Gasteiger partial charge in [0.15, 0.2) is 5.96 Å². The quantitative estimate of drug-likeness (QED) is 0.613. The molecule has 2 aromatic carbocycles. The molecule has 128 valence electrons. The number of aliphatic imine (C=N–C) groups is 1. The van der Waals surface area contributed by atoms with Gasteiger partial charge in [-0.1, -0.05) is 35.9 Å². The molecule has 7 heteroatoms. The molecule has 24 heavy (non-hydrogen) atoms. The molecular weight excluding hydrogens is 336 g/mol. The van der Waals surface area contributed by atoms with Gasteiger partial charge in [-0.05, 0) is 35.4 Å². The van der Waals surface area contributed by atoms with E-state index >= 15 is 0 Å². The molecule has 0 fully saturated rings. The second-order valence-corrected chi connectivity index (χ2v) is 5.37. The highest BCUT2D eigenvalue weighted by Crippen LogP contribution is 2.15. The number of rotatable bonds is 6. The molecule has 0 aliphatic rings. The van der Waals surface area contributed by atoms with Gasteiger partial charge in [0, 0.05) is 25.2 Å². The van der Waals surface area contributed by atoms with Crippen LogP contribution in [0.1, 0.15) is 11.1 Å². The van der Waals surface area contributed by atoms with Gasteiger partial charge in [0.05, 0.1) is 0 Å². The second-order valence-electron chi connectivity index (χ2n) is 4.94. The van der Waals surface area contributed by atoms with Crippen LogP contribution in [0.25, 0.3) is 0 Å². The molecule has 0 spiro atoms. The highest BCUT2D eigenvalue weighted by Gasteiger charge is 2.05. The van der Waals surface area contributed by atoms with E-state index in [9.17, 15) is 8.78 Å². The summed E-state index contributed by atoms with van der Waals surface area (Å²) in [6, 6.07) is 14.0. The maximum absolute atomic E-state index is 12.2. The second kappa shape index (κ2) is 9.08. The molecule has 0 heterocycles. The van der Waals surface area contributed by atoms with Crippen molar-refractivity contribution in [3.05, 3.63) is 64.7 Å². The monoisotopic (exact) mass is 353 g/mol. The zero-order valence-electron chi connectivity index (χ0n) is 13.1. The zero-order chi connectivity index (χ0) is 17.4. The molecule has 0 unspecified atom stereocenters. The van der Waals surface area contributed by atoms with Crippen molar-refractivity contribution in [2.24, 2.45) is 4.99 Å². The Kier molecular flexibility index (Phi) is 6.81. The lowest BCUT2D eigenvalue weighted by molar-refractivity contribution is -0.0498. The van der Waals surface area contributed by atoms with E-state index in [1.807, 2.05) is 30.3 Å². The number of alkyl halides is 2. The van der Waals surface area contributed by atoms with Crippen molar-refractivity contribution in [3.8, 4) is 5.75 Å². The lowest BCUT2D eigenvalue weighted by Crippen LogP contribution is -2.36. The lowest BCUT2D eigenvalue weighted by Gasteiger charge is -2.13. The van der Waals surface area contributed by atoms with Crippen molar-refractivity contribution in [3.63, 3.8) is 0 Å². The van der Waals surface area contributed by atoms with E-state index in [1.165, 1.54) is 6.07 Å². The smallest absolute Gasteiger partial charge is 0.387 e. The van der Waals surface area contributed by atoms with E-state index < -0.39 is 6.61 Å². The van der Waals surface area contributed by atoms with Crippen LogP contribution in [0.2, 0.25) is 5.02 Å². The van der Waals surface area contributed by atoms with Gasteiger partial charge in [0.1, 0.15) is 5.75 Å². The fraction of sp³-hybridized carbons (Fsp3) is 0.235. The maximum Gasteiger partial charge on any atom is 0.387 e. The van der Waals surface area contributed by atoms with Crippen LogP contribution in [0.5, 0.6) is 5.75 Å². The molecule has 0 aromatic heterocycles. The average molecular weight is 354 g/mol. The number of ether oxygens (including phenoxy) is 1. The van der Waals surface area contributed by atoms with Crippen LogP contribution >= 0.6 is 11.6 Å². The number of hydrogen-bond acceptors (Lipinski definition) is 2. The van der Waals surface area contributed by atoms with Crippen molar-refractivity contribution in [2.45, 2.75) is 19.7 Å². The summed E-state index contributed by atoms with van der Waals surface area (Å²) in [7, 11) is 1.66. The molecule has 2 rings (SSSR count). The van der Waals surface area contributed by atoms with Crippen molar-refractivity contribution in [1.82, 2.24) is 10.6 Å². The highest BCUT2D eigenvalue weighted by molar-refractivity contribution is 6.30. The third-order valence-corrected chi connectivity index (χ3v) is 3.39. The van der Waals surface area contributed by atoms with Crippen molar-refractivity contribution in [2.75, 3.05) is 7.05 Å². The van der Waals surface area contributed by atoms with E-state index in [0.29, 0.717) is 24.1 Å². The van der Waals surface area contributed by atoms with Crippen LogP contribution < -0.4 is 15.4 Å². The van der Waals surface area contributed by atoms with Crippen LogP contribution in [0.3, 0.4) is 0 Å². The first-order valence-corrected chi connectivity index (χ1v) is 7.67. The van der Waals surface area contributed by atoms with Gasteiger partial charge >= 0.3 is 6.61 Å². The number of benzene rings is 2. The number of nitrogens with zero attached hydrogens (tertiary/aromatic N) is 1. The Hall–Kier alpha value is -2.34. The summed E-state index contributed by atoms with van der Waals surface area (Å²) in [4.78, 5) is 4.12. The Morgan fingerprint density at radius 2 is 1.71 bits per heavy atom. The first-order valence-electron chi connectivity index (χ1n) is 7.29. The molecular formula is C17H18ClF2N3O. The Bertz CT molecular complexity index is 695. The van der Waals surface area contributed by atoms with Crippen molar-refractivity contribution in [1.29, 1.82) is 0 Å². The Labute approximate surface area is 144 Å². The van der Waals surface area contributed by atoms with Crippen LogP contribution in [-0.4, -0.2) is 19.6 Å². The fourth-order valence-corrected chi connectivity index (χ4v) is 2.28. The van der Waals surface area contributed by atoms with Crippen LogP contribution in [0.4, 0.5) is 8.78 Å². The first kappa shape index (κ1) is 18.0. The number of hydrogen-bond donors (Lipinski definition) is 2. The maximum atomic E-state index is 12.2. The predicted molar refractivity (Wildman–Crippen MR) is 91.6 cm³/mol. The molecule has 0 aliphatic carbocycles. The van der Waals surface area contributed by atoms with Crippen LogP contribution in [0, 0.1) is 0 Å². The molecule has 0 amide bonds. The predicted octanol–water partition coefficient (Wildman–Crippen LogP) is 3.81. The zero-order valence-corrected chi connectivity index (χ0v) is 13.9. The summed E-state index contributed by atoms with van der Waals surface area (Å²) in [6.45, 7) is -1.84. The number of nitrogens with one attached hydrogen (secondary N) is 2.